The summed E-state index contributed by atoms with van der Waals surface area (Å²) in [6.07, 6.45) is 9.56. The minimum Gasteiger partial charge on any atom is -0.390 e. The smallest absolute Gasteiger partial charge is 0.235 e. The van der Waals surface area contributed by atoms with E-state index in [0.717, 1.165) is 56.9 Å². The van der Waals surface area contributed by atoms with Crippen molar-refractivity contribution in [2.45, 2.75) is 62.5 Å². The van der Waals surface area contributed by atoms with Crippen molar-refractivity contribution in [3.05, 3.63) is 35.4 Å². The lowest BCUT2D eigenvalue weighted by Gasteiger charge is -2.23. The molecule has 2 fully saturated rings. The fourth-order valence-corrected chi connectivity index (χ4v) is 3.27. The average molecular weight is 271 g/mol. The first-order valence-corrected chi connectivity index (χ1v) is 7.57. The monoisotopic (exact) mass is 271 g/mol. The molecule has 0 bridgehead atoms. The number of rotatable bonds is 5. The van der Waals surface area contributed by atoms with Gasteiger partial charge in [0.1, 0.15) is 0 Å². The van der Waals surface area contributed by atoms with Gasteiger partial charge in [-0.15, -0.1) is 0 Å². The van der Waals surface area contributed by atoms with Crippen LogP contribution in [0.2, 0.25) is 0 Å². The first-order valence-electron chi connectivity index (χ1n) is 7.57. The molecule has 0 aromatic heterocycles. The minimum atomic E-state index is -0.382. The number of aliphatic hydroxyl groups is 1. The molecule has 0 heterocycles. The summed E-state index contributed by atoms with van der Waals surface area (Å²) in [5.41, 5.74) is 1.67. The highest BCUT2D eigenvalue weighted by Gasteiger charge is 2.39. The van der Waals surface area contributed by atoms with Crippen molar-refractivity contribution in [3.63, 3.8) is 0 Å². The SMILES string of the molecule is O=C=NC1(c2ccc(CCC3(O)CC3)cc2)CCCC1. The van der Waals surface area contributed by atoms with E-state index in [-0.39, 0.29) is 11.1 Å². The number of benzene rings is 1. The quantitative estimate of drug-likeness (QED) is 0.660. The van der Waals surface area contributed by atoms with Gasteiger partial charge in [-0.2, -0.15) is 4.99 Å². The maximum absolute atomic E-state index is 10.7. The molecule has 3 heteroatoms. The van der Waals surface area contributed by atoms with Crippen LogP contribution >= 0.6 is 0 Å². The maximum atomic E-state index is 10.7. The number of isocyanates is 1. The molecule has 3 nitrogen and oxygen atoms in total. The summed E-state index contributed by atoms with van der Waals surface area (Å²) in [5, 5.41) is 9.87. The summed E-state index contributed by atoms with van der Waals surface area (Å²) in [7, 11) is 0. The van der Waals surface area contributed by atoms with Gasteiger partial charge in [-0.25, -0.2) is 4.79 Å². The van der Waals surface area contributed by atoms with Crippen LogP contribution in [-0.2, 0) is 16.8 Å². The number of aliphatic imine (C=N–C) groups is 1. The van der Waals surface area contributed by atoms with E-state index in [4.69, 9.17) is 0 Å². The zero-order chi connectivity index (χ0) is 14.1. The van der Waals surface area contributed by atoms with Gasteiger partial charge in [0.15, 0.2) is 0 Å². The highest BCUT2D eigenvalue weighted by atomic mass is 16.3. The summed E-state index contributed by atoms with van der Waals surface area (Å²) < 4.78 is 0. The van der Waals surface area contributed by atoms with E-state index >= 15 is 0 Å². The fourth-order valence-electron chi connectivity index (χ4n) is 3.27. The van der Waals surface area contributed by atoms with Gasteiger partial charge in [-0.1, -0.05) is 37.1 Å². The van der Waals surface area contributed by atoms with Crippen molar-refractivity contribution in [2.24, 2.45) is 4.99 Å². The van der Waals surface area contributed by atoms with Crippen LogP contribution in [0.3, 0.4) is 0 Å². The second-order valence-corrected chi connectivity index (χ2v) is 6.36. The topological polar surface area (TPSA) is 49.7 Å². The lowest BCUT2D eigenvalue weighted by molar-refractivity contribution is 0.140. The summed E-state index contributed by atoms with van der Waals surface area (Å²) in [5.74, 6) is 0. The van der Waals surface area contributed by atoms with Crippen LogP contribution in [0.25, 0.3) is 0 Å². The largest absolute Gasteiger partial charge is 0.390 e. The van der Waals surface area contributed by atoms with E-state index < -0.39 is 0 Å². The summed E-state index contributed by atoms with van der Waals surface area (Å²) >= 11 is 0. The Morgan fingerprint density at radius 2 is 1.75 bits per heavy atom. The molecule has 20 heavy (non-hydrogen) atoms. The molecular formula is C17H21NO2. The van der Waals surface area contributed by atoms with Crippen LogP contribution in [0.5, 0.6) is 0 Å². The van der Waals surface area contributed by atoms with E-state index in [9.17, 15) is 9.90 Å². The maximum Gasteiger partial charge on any atom is 0.235 e. The van der Waals surface area contributed by atoms with Gasteiger partial charge >= 0.3 is 0 Å². The molecule has 1 N–H and O–H groups in total. The Hall–Kier alpha value is -1.44. The van der Waals surface area contributed by atoms with Crippen LogP contribution in [0.1, 0.15) is 56.1 Å². The van der Waals surface area contributed by atoms with Crippen molar-refractivity contribution >= 4 is 6.08 Å². The molecule has 0 radical (unpaired) electrons. The molecule has 0 spiro atoms. The van der Waals surface area contributed by atoms with Crippen molar-refractivity contribution < 1.29 is 9.90 Å². The van der Waals surface area contributed by atoms with Crippen LogP contribution < -0.4 is 0 Å². The van der Waals surface area contributed by atoms with E-state index in [0.29, 0.717) is 0 Å². The summed E-state index contributed by atoms with van der Waals surface area (Å²) in [6, 6.07) is 8.42. The van der Waals surface area contributed by atoms with Crippen LogP contribution in [0.4, 0.5) is 0 Å². The van der Waals surface area contributed by atoms with Gasteiger partial charge in [-0.3, -0.25) is 0 Å². The van der Waals surface area contributed by atoms with E-state index in [2.05, 4.69) is 29.3 Å². The van der Waals surface area contributed by atoms with Crippen LogP contribution in [0, 0.1) is 0 Å². The third kappa shape index (κ3) is 2.70. The van der Waals surface area contributed by atoms with Crippen LogP contribution in [0.15, 0.2) is 29.3 Å². The number of hydrogen-bond acceptors (Lipinski definition) is 3. The van der Waals surface area contributed by atoms with Crippen LogP contribution in [-0.4, -0.2) is 16.8 Å². The normalized spacial score (nSPS) is 22.2. The van der Waals surface area contributed by atoms with E-state index in [1.807, 2.05) is 0 Å². The van der Waals surface area contributed by atoms with Gasteiger partial charge in [0.2, 0.25) is 6.08 Å². The third-order valence-corrected chi connectivity index (χ3v) is 4.89. The highest BCUT2D eigenvalue weighted by Crippen LogP contribution is 2.42. The molecule has 2 saturated carbocycles. The minimum absolute atomic E-state index is 0.324. The Labute approximate surface area is 119 Å². The molecule has 0 aliphatic heterocycles. The third-order valence-electron chi connectivity index (χ3n) is 4.89. The van der Waals surface area contributed by atoms with Gasteiger partial charge in [0.25, 0.3) is 0 Å². The summed E-state index contributed by atoms with van der Waals surface area (Å²) in [6.45, 7) is 0. The molecule has 3 rings (SSSR count). The molecular weight excluding hydrogens is 250 g/mol. The standard InChI is InChI=1S/C17H21NO2/c19-13-18-17(8-1-2-9-17)15-5-3-14(4-6-15)7-10-16(20)11-12-16/h3-6,20H,1-2,7-12H2. The van der Waals surface area contributed by atoms with Crippen molar-refractivity contribution in [3.8, 4) is 0 Å². The van der Waals surface area contributed by atoms with Crippen molar-refractivity contribution in [2.75, 3.05) is 0 Å². The zero-order valence-corrected chi connectivity index (χ0v) is 11.8. The number of carbonyl (C=O) groups excluding carboxylic acids is 1. The molecule has 1 aromatic carbocycles. The Morgan fingerprint density at radius 3 is 2.30 bits per heavy atom. The first-order chi connectivity index (χ1) is 9.66. The second kappa shape index (κ2) is 5.16. The lowest BCUT2D eigenvalue weighted by atomic mass is 9.88. The highest BCUT2D eigenvalue weighted by molar-refractivity contribution is 5.39. The number of aryl methyl sites for hydroxylation is 1. The molecule has 0 unspecified atom stereocenters. The molecule has 0 amide bonds. The van der Waals surface area contributed by atoms with Crippen molar-refractivity contribution in [1.29, 1.82) is 0 Å². The Morgan fingerprint density at radius 1 is 1.10 bits per heavy atom. The predicted octanol–water partition coefficient (Wildman–Crippen LogP) is 3.25. The Bertz CT molecular complexity index is 518. The molecule has 2 aliphatic rings. The zero-order valence-electron chi connectivity index (χ0n) is 11.8. The van der Waals surface area contributed by atoms with E-state index in [1.54, 1.807) is 6.08 Å². The predicted molar refractivity (Wildman–Crippen MR) is 77.2 cm³/mol. The Balaban J connectivity index is 1.72. The van der Waals surface area contributed by atoms with Gasteiger partial charge in [-0.05, 0) is 49.7 Å². The molecule has 1 aromatic rings. The van der Waals surface area contributed by atoms with E-state index in [1.165, 1.54) is 5.56 Å². The summed E-state index contributed by atoms with van der Waals surface area (Å²) in [4.78, 5) is 14.8. The van der Waals surface area contributed by atoms with Gasteiger partial charge in [0.05, 0.1) is 11.1 Å². The van der Waals surface area contributed by atoms with Gasteiger partial charge in [0, 0.05) is 0 Å². The second-order valence-electron chi connectivity index (χ2n) is 6.36. The first kappa shape index (κ1) is 13.5. The molecule has 0 saturated heterocycles. The fraction of sp³-hybridized carbons (Fsp3) is 0.588. The lowest BCUT2D eigenvalue weighted by Crippen LogP contribution is -2.18. The van der Waals surface area contributed by atoms with Gasteiger partial charge < -0.3 is 5.11 Å². The molecule has 106 valence electrons. The molecule has 2 aliphatic carbocycles. The average Bonchev–Trinajstić information content (AvgIpc) is 3.01. The van der Waals surface area contributed by atoms with Crippen molar-refractivity contribution in [1.82, 2.24) is 0 Å². The molecule has 0 atom stereocenters. The Kier molecular flexibility index (Phi) is 3.49. The number of nitrogens with zero attached hydrogens (tertiary/aromatic N) is 1. The number of hydrogen-bond donors (Lipinski definition) is 1.